The fourth-order valence-electron chi connectivity index (χ4n) is 3.86. The van der Waals surface area contributed by atoms with E-state index in [9.17, 15) is 8.42 Å². The van der Waals surface area contributed by atoms with Crippen LogP contribution in [0.4, 0.5) is 0 Å². The predicted octanol–water partition coefficient (Wildman–Crippen LogP) is 3.16. The van der Waals surface area contributed by atoms with E-state index in [0.29, 0.717) is 13.1 Å². The first-order valence-corrected chi connectivity index (χ1v) is 11.0. The second-order valence-electron chi connectivity index (χ2n) is 6.97. The maximum Gasteiger partial charge on any atom is 0.218 e. The van der Waals surface area contributed by atoms with E-state index in [1.165, 1.54) is 0 Å². The van der Waals surface area contributed by atoms with Crippen molar-refractivity contribution in [3.05, 3.63) is 60.0 Å². The Morgan fingerprint density at radius 3 is 2.52 bits per heavy atom. The van der Waals surface area contributed by atoms with Crippen LogP contribution in [0, 0.1) is 0 Å². The van der Waals surface area contributed by atoms with Crippen molar-refractivity contribution in [2.24, 2.45) is 0 Å². The average molecular weight is 385 g/mol. The minimum Gasteiger partial charge on any atom is -0.309 e. The molecular weight excluding hydrogens is 360 g/mol. The molecule has 3 heterocycles. The Morgan fingerprint density at radius 1 is 1.07 bits per heavy atom. The van der Waals surface area contributed by atoms with Crippen molar-refractivity contribution in [2.45, 2.75) is 38.0 Å². The van der Waals surface area contributed by atoms with Crippen molar-refractivity contribution in [1.82, 2.24) is 18.8 Å². The summed E-state index contributed by atoms with van der Waals surface area (Å²) in [5.41, 5.74) is 2.64. The van der Waals surface area contributed by atoms with E-state index in [0.717, 1.165) is 41.8 Å². The Balaban J connectivity index is 1.51. The number of benzene rings is 1. The first kappa shape index (κ1) is 18.1. The summed E-state index contributed by atoms with van der Waals surface area (Å²) in [6.45, 7) is 3.17. The van der Waals surface area contributed by atoms with Gasteiger partial charge in [0.2, 0.25) is 10.0 Å². The zero-order valence-electron chi connectivity index (χ0n) is 15.5. The van der Waals surface area contributed by atoms with Crippen LogP contribution in [0.3, 0.4) is 0 Å². The molecule has 1 aliphatic heterocycles. The highest BCUT2D eigenvalue weighted by atomic mass is 32.2. The molecule has 0 aliphatic carbocycles. The van der Waals surface area contributed by atoms with E-state index in [1.54, 1.807) is 10.5 Å². The Labute approximate surface area is 159 Å². The normalized spacial score (nSPS) is 16.8. The van der Waals surface area contributed by atoms with Gasteiger partial charge in [0.1, 0.15) is 11.3 Å². The van der Waals surface area contributed by atoms with Gasteiger partial charge in [0.25, 0.3) is 0 Å². The van der Waals surface area contributed by atoms with Crippen molar-refractivity contribution in [2.75, 3.05) is 13.1 Å². The van der Waals surface area contributed by atoms with Gasteiger partial charge in [0.05, 0.1) is 5.75 Å². The zero-order chi connectivity index (χ0) is 18.9. The Hall–Kier alpha value is -2.25. The minimum absolute atomic E-state index is 0.0638. The molecule has 0 amide bonds. The summed E-state index contributed by atoms with van der Waals surface area (Å²) in [4.78, 5) is 9.22. The molecule has 1 aliphatic rings. The first-order valence-electron chi connectivity index (χ1n) is 9.42. The number of imidazole rings is 1. The molecule has 1 fully saturated rings. The number of pyridine rings is 1. The van der Waals surface area contributed by atoms with Gasteiger partial charge in [0.15, 0.2) is 5.65 Å². The van der Waals surface area contributed by atoms with Crippen LogP contribution in [0.5, 0.6) is 0 Å². The third-order valence-electron chi connectivity index (χ3n) is 5.21. The van der Waals surface area contributed by atoms with E-state index in [1.807, 2.05) is 42.5 Å². The van der Waals surface area contributed by atoms with Crippen molar-refractivity contribution in [1.29, 1.82) is 0 Å². The van der Waals surface area contributed by atoms with Crippen LogP contribution in [-0.4, -0.2) is 40.3 Å². The highest BCUT2D eigenvalue weighted by Crippen LogP contribution is 2.29. The smallest absolute Gasteiger partial charge is 0.218 e. The molecule has 142 valence electrons. The van der Waals surface area contributed by atoms with E-state index >= 15 is 0 Å². The van der Waals surface area contributed by atoms with Gasteiger partial charge in [-0.05, 0) is 30.5 Å². The number of hydrogen-bond acceptors (Lipinski definition) is 4. The maximum atomic E-state index is 12.8. The lowest BCUT2D eigenvalue weighted by atomic mass is 10.1. The molecule has 0 N–H and O–H groups in total. The molecule has 4 rings (SSSR count). The third kappa shape index (κ3) is 3.61. The van der Waals surface area contributed by atoms with Gasteiger partial charge in [-0.1, -0.05) is 37.3 Å². The molecule has 2 aromatic heterocycles. The molecule has 0 radical (unpaired) electrons. The van der Waals surface area contributed by atoms with Crippen LogP contribution >= 0.6 is 0 Å². The quantitative estimate of drug-likeness (QED) is 0.678. The number of hydrogen-bond donors (Lipinski definition) is 0. The lowest BCUT2D eigenvalue weighted by molar-refractivity contribution is 0.273. The highest BCUT2D eigenvalue weighted by Gasteiger charge is 2.30. The molecule has 3 aromatic rings. The highest BCUT2D eigenvalue weighted by molar-refractivity contribution is 7.88. The van der Waals surface area contributed by atoms with Crippen LogP contribution in [0.1, 0.15) is 37.2 Å². The molecule has 0 saturated carbocycles. The molecule has 0 atom stereocenters. The van der Waals surface area contributed by atoms with Crippen molar-refractivity contribution >= 4 is 21.2 Å². The third-order valence-corrected chi connectivity index (χ3v) is 7.06. The summed E-state index contributed by atoms with van der Waals surface area (Å²) in [7, 11) is -3.29. The molecule has 0 unspecified atom stereocenters. The van der Waals surface area contributed by atoms with Crippen LogP contribution in [0.15, 0.2) is 48.7 Å². The number of rotatable bonds is 5. The number of piperidine rings is 1. The van der Waals surface area contributed by atoms with E-state index in [4.69, 9.17) is 4.98 Å². The van der Waals surface area contributed by atoms with Gasteiger partial charge in [-0.15, -0.1) is 0 Å². The van der Waals surface area contributed by atoms with Crippen molar-refractivity contribution in [3.63, 3.8) is 0 Å². The average Bonchev–Trinajstić information content (AvgIpc) is 3.07. The van der Waals surface area contributed by atoms with Crippen LogP contribution in [0.25, 0.3) is 11.2 Å². The largest absolute Gasteiger partial charge is 0.309 e. The van der Waals surface area contributed by atoms with Gasteiger partial charge in [-0.25, -0.2) is 22.7 Å². The van der Waals surface area contributed by atoms with Crippen molar-refractivity contribution in [3.8, 4) is 0 Å². The number of sulfonamides is 1. The molecule has 0 spiro atoms. The minimum atomic E-state index is -3.29. The second kappa shape index (κ2) is 7.40. The van der Waals surface area contributed by atoms with E-state index < -0.39 is 10.0 Å². The molecule has 0 bridgehead atoms. The van der Waals surface area contributed by atoms with Crippen LogP contribution < -0.4 is 0 Å². The second-order valence-corrected chi connectivity index (χ2v) is 8.94. The van der Waals surface area contributed by atoms with Gasteiger partial charge in [0, 0.05) is 31.7 Å². The fraction of sp³-hybridized carbons (Fsp3) is 0.400. The standard InChI is InChI=1S/C20H24N4O2S/c1-2-19-22-18-9-6-12-21-20(18)24(19)17-10-13-23(14-11-17)27(25,26)15-16-7-4-3-5-8-16/h3-9,12,17H,2,10-11,13-15H2,1H3. The monoisotopic (exact) mass is 384 g/mol. The van der Waals surface area contributed by atoms with E-state index in [2.05, 4.69) is 16.5 Å². The number of nitrogens with zero attached hydrogens (tertiary/aromatic N) is 4. The lowest BCUT2D eigenvalue weighted by Crippen LogP contribution is -2.39. The number of aryl methyl sites for hydroxylation is 1. The Morgan fingerprint density at radius 2 is 1.81 bits per heavy atom. The van der Waals surface area contributed by atoms with E-state index in [-0.39, 0.29) is 11.8 Å². The first-order chi connectivity index (χ1) is 13.1. The maximum absolute atomic E-state index is 12.8. The SMILES string of the molecule is CCc1nc2cccnc2n1C1CCN(S(=O)(=O)Cc2ccccc2)CC1. The molecule has 1 aromatic carbocycles. The molecule has 7 heteroatoms. The lowest BCUT2D eigenvalue weighted by Gasteiger charge is -2.32. The summed E-state index contributed by atoms with van der Waals surface area (Å²) in [6.07, 6.45) is 4.19. The molecule has 6 nitrogen and oxygen atoms in total. The van der Waals surface area contributed by atoms with Crippen molar-refractivity contribution < 1.29 is 8.42 Å². The van der Waals surface area contributed by atoms with Crippen LogP contribution in [-0.2, 0) is 22.2 Å². The van der Waals surface area contributed by atoms with Gasteiger partial charge in [-0.2, -0.15) is 0 Å². The Kier molecular flexibility index (Phi) is 4.97. The zero-order valence-corrected chi connectivity index (χ0v) is 16.3. The summed E-state index contributed by atoms with van der Waals surface area (Å²) in [6, 6.07) is 13.5. The summed E-state index contributed by atoms with van der Waals surface area (Å²) >= 11 is 0. The predicted molar refractivity (Wildman–Crippen MR) is 106 cm³/mol. The Bertz CT molecular complexity index is 1020. The molecule has 27 heavy (non-hydrogen) atoms. The topological polar surface area (TPSA) is 68.1 Å². The summed E-state index contributed by atoms with van der Waals surface area (Å²) in [5, 5.41) is 0. The molecule has 1 saturated heterocycles. The van der Waals surface area contributed by atoms with Crippen LogP contribution in [0.2, 0.25) is 0 Å². The molecular formula is C20H24N4O2S. The van der Waals surface area contributed by atoms with Gasteiger partial charge >= 0.3 is 0 Å². The summed E-state index contributed by atoms with van der Waals surface area (Å²) in [5.74, 6) is 1.09. The van der Waals surface area contributed by atoms with Gasteiger partial charge < -0.3 is 4.57 Å². The fourth-order valence-corrected chi connectivity index (χ4v) is 5.43. The summed E-state index contributed by atoms with van der Waals surface area (Å²) < 4.78 is 29.4. The number of fused-ring (bicyclic) bond motifs is 1. The van der Waals surface area contributed by atoms with Gasteiger partial charge in [-0.3, -0.25) is 0 Å². The number of aromatic nitrogens is 3.